The van der Waals surface area contributed by atoms with Gasteiger partial charge in [-0.3, -0.25) is 0 Å². The van der Waals surface area contributed by atoms with Crippen molar-refractivity contribution in [3.8, 4) is 0 Å². The number of carbonyl (C=O) groups excluding carboxylic acids is 1. The number of nitrogens with zero attached hydrogens (tertiary/aromatic N) is 1. The van der Waals surface area contributed by atoms with E-state index in [1.165, 1.54) is 13.8 Å². The average molecular weight is 252 g/mol. The van der Waals surface area contributed by atoms with Crippen LogP contribution < -0.4 is 0 Å². The van der Waals surface area contributed by atoms with Gasteiger partial charge in [0.15, 0.2) is 0 Å². The maximum absolute atomic E-state index is 12.4. The smallest absolute Gasteiger partial charge is 0.302 e. The van der Waals surface area contributed by atoms with Gasteiger partial charge in [0.2, 0.25) is 0 Å². The molecular weight excluding hydrogens is 243 g/mol. The monoisotopic (exact) mass is 251 g/mol. The molecule has 0 amide bonds. The van der Waals surface area contributed by atoms with Gasteiger partial charge in [-0.2, -0.15) is 13.2 Å². The summed E-state index contributed by atoms with van der Waals surface area (Å²) in [5.74, 6) is 0. The number of carbonyl (C=O) groups is 1. The molecule has 1 aromatic heterocycles. The van der Waals surface area contributed by atoms with Crippen LogP contribution in [-0.4, -0.2) is 11.3 Å². The first-order valence-electron chi connectivity index (χ1n) is 4.38. The highest BCUT2D eigenvalue weighted by Crippen LogP contribution is 2.34. The van der Waals surface area contributed by atoms with Crippen LogP contribution in [0.1, 0.15) is 25.0 Å². The molecule has 0 aromatic carbocycles. The molecule has 16 heavy (non-hydrogen) atoms. The summed E-state index contributed by atoms with van der Waals surface area (Å²) in [7, 11) is 0. The Bertz CT molecular complexity index is 415. The highest BCUT2D eigenvalue weighted by molar-refractivity contribution is 6.30. The van der Waals surface area contributed by atoms with Gasteiger partial charge < -0.3 is 4.79 Å². The molecule has 1 heterocycles. The molecule has 0 fully saturated rings. The van der Waals surface area contributed by atoms with Crippen molar-refractivity contribution in [3.63, 3.8) is 0 Å². The zero-order valence-corrected chi connectivity index (χ0v) is 9.36. The maximum Gasteiger partial charge on any atom is 0.417 e. The van der Waals surface area contributed by atoms with Crippen molar-refractivity contribution in [1.29, 1.82) is 0 Å². The number of alkyl halides is 3. The molecule has 0 saturated carbocycles. The van der Waals surface area contributed by atoms with Crippen molar-refractivity contribution in [2.75, 3.05) is 0 Å². The third kappa shape index (κ3) is 2.52. The van der Waals surface area contributed by atoms with E-state index in [0.29, 0.717) is 12.5 Å². The van der Waals surface area contributed by atoms with Gasteiger partial charge in [-0.25, -0.2) is 4.98 Å². The summed E-state index contributed by atoms with van der Waals surface area (Å²) < 4.78 is 37.3. The molecule has 88 valence electrons. The summed E-state index contributed by atoms with van der Waals surface area (Å²) in [5, 5.41) is -0.0925. The fourth-order valence-electron chi connectivity index (χ4n) is 1.12. The Labute approximate surface area is 95.4 Å². The van der Waals surface area contributed by atoms with E-state index in [0.717, 1.165) is 6.07 Å². The largest absolute Gasteiger partial charge is 0.417 e. The minimum Gasteiger partial charge on any atom is -0.302 e. The van der Waals surface area contributed by atoms with E-state index < -0.39 is 17.2 Å². The highest BCUT2D eigenvalue weighted by Gasteiger charge is 2.34. The zero-order chi connectivity index (χ0) is 12.6. The molecule has 0 aliphatic rings. The molecule has 0 radical (unpaired) electrons. The number of halogens is 4. The number of hydrogen-bond acceptors (Lipinski definition) is 2. The molecule has 0 aliphatic heterocycles. The summed E-state index contributed by atoms with van der Waals surface area (Å²) in [6, 6.07) is 0.851. The molecule has 0 atom stereocenters. The van der Waals surface area contributed by atoms with Crippen LogP contribution in [0, 0.1) is 0 Å². The third-order valence-electron chi connectivity index (χ3n) is 2.16. The van der Waals surface area contributed by atoms with Gasteiger partial charge in [-0.1, -0.05) is 11.6 Å². The number of pyridine rings is 1. The second-order valence-electron chi connectivity index (χ2n) is 3.90. The molecule has 0 N–H and O–H groups in total. The van der Waals surface area contributed by atoms with E-state index in [2.05, 4.69) is 4.98 Å². The lowest BCUT2D eigenvalue weighted by Crippen LogP contribution is -2.21. The van der Waals surface area contributed by atoms with Gasteiger partial charge in [0.05, 0.1) is 5.56 Å². The summed E-state index contributed by atoms with van der Waals surface area (Å²) in [6.45, 7) is 2.95. The molecule has 1 rings (SSSR count). The number of hydrogen-bond donors (Lipinski definition) is 0. The van der Waals surface area contributed by atoms with E-state index in [1.807, 2.05) is 0 Å². The van der Waals surface area contributed by atoms with Crippen molar-refractivity contribution >= 4 is 17.9 Å². The molecule has 0 bridgehead atoms. The Kier molecular flexibility index (Phi) is 3.28. The van der Waals surface area contributed by atoms with E-state index in [-0.39, 0.29) is 10.7 Å². The molecule has 0 unspecified atom stereocenters. The Balaban J connectivity index is 3.35. The molecule has 1 aromatic rings. The second kappa shape index (κ2) is 4.05. The Morgan fingerprint density at radius 3 is 2.38 bits per heavy atom. The quantitative estimate of drug-likeness (QED) is 0.597. The zero-order valence-electron chi connectivity index (χ0n) is 8.60. The fourth-order valence-corrected chi connectivity index (χ4v) is 1.47. The number of aldehydes is 1. The Morgan fingerprint density at radius 1 is 1.38 bits per heavy atom. The molecule has 0 saturated heterocycles. The van der Waals surface area contributed by atoms with Crippen LogP contribution >= 0.6 is 11.6 Å². The first-order chi connectivity index (χ1) is 7.18. The van der Waals surface area contributed by atoms with Gasteiger partial charge in [0.25, 0.3) is 0 Å². The van der Waals surface area contributed by atoms with E-state index in [9.17, 15) is 18.0 Å². The lowest BCUT2D eigenvalue weighted by molar-refractivity contribution is -0.138. The maximum atomic E-state index is 12.4. The van der Waals surface area contributed by atoms with Crippen LogP contribution in [0.5, 0.6) is 0 Å². The van der Waals surface area contributed by atoms with Gasteiger partial charge in [-0.05, 0) is 19.9 Å². The molecule has 2 nitrogen and oxygen atoms in total. The van der Waals surface area contributed by atoms with E-state index in [4.69, 9.17) is 11.6 Å². The molecule has 0 spiro atoms. The third-order valence-corrected chi connectivity index (χ3v) is 2.46. The number of rotatable bonds is 2. The van der Waals surface area contributed by atoms with Gasteiger partial charge in [-0.15, -0.1) is 0 Å². The van der Waals surface area contributed by atoms with Crippen molar-refractivity contribution in [3.05, 3.63) is 28.5 Å². The highest BCUT2D eigenvalue weighted by atomic mass is 35.5. The average Bonchev–Trinajstić information content (AvgIpc) is 2.16. The van der Waals surface area contributed by atoms with E-state index in [1.54, 1.807) is 0 Å². The van der Waals surface area contributed by atoms with Crippen LogP contribution in [0.2, 0.25) is 5.15 Å². The van der Waals surface area contributed by atoms with Crippen LogP contribution in [0.25, 0.3) is 0 Å². The van der Waals surface area contributed by atoms with Gasteiger partial charge >= 0.3 is 6.18 Å². The number of aromatic nitrogens is 1. The Morgan fingerprint density at radius 2 is 1.94 bits per heavy atom. The van der Waals surface area contributed by atoms with Crippen LogP contribution in [0.15, 0.2) is 12.3 Å². The topological polar surface area (TPSA) is 30.0 Å². The minimum atomic E-state index is -4.49. The summed E-state index contributed by atoms with van der Waals surface area (Å²) in [4.78, 5) is 14.2. The molecular formula is C10H9ClF3NO. The fraction of sp³-hybridized carbons (Fsp3) is 0.400. The van der Waals surface area contributed by atoms with Crippen molar-refractivity contribution < 1.29 is 18.0 Å². The Hall–Kier alpha value is -1.10. The van der Waals surface area contributed by atoms with Crippen molar-refractivity contribution in [1.82, 2.24) is 4.98 Å². The van der Waals surface area contributed by atoms with Crippen LogP contribution in [-0.2, 0) is 16.4 Å². The van der Waals surface area contributed by atoms with Gasteiger partial charge in [0, 0.05) is 17.2 Å². The predicted molar refractivity (Wildman–Crippen MR) is 53.3 cm³/mol. The normalized spacial score (nSPS) is 12.6. The standard InChI is InChI=1S/C10H9ClF3NO/c1-9(2,5-16)7-3-6(10(12,13)14)4-15-8(7)11/h3-5H,1-2H3. The first-order valence-corrected chi connectivity index (χ1v) is 4.76. The van der Waals surface area contributed by atoms with Crippen LogP contribution in [0.4, 0.5) is 13.2 Å². The lowest BCUT2D eigenvalue weighted by Gasteiger charge is -2.19. The minimum absolute atomic E-state index is 0.0685. The van der Waals surface area contributed by atoms with Crippen molar-refractivity contribution in [2.45, 2.75) is 25.4 Å². The lowest BCUT2D eigenvalue weighted by atomic mass is 9.87. The summed E-state index contributed by atoms with van der Waals surface area (Å²) >= 11 is 5.67. The molecule has 6 heteroatoms. The SMILES string of the molecule is CC(C)(C=O)c1cc(C(F)(F)F)cnc1Cl. The second-order valence-corrected chi connectivity index (χ2v) is 4.26. The first kappa shape index (κ1) is 13.0. The molecule has 0 aliphatic carbocycles. The van der Waals surface area contributed by atoms with Crippen LogP contribution in [0.3, 0.4) is 0 Å². The van der Waals surface area contributed by atoms with E-state index >= 15 is 0 Å². The predicted octanol–water partition coefficient (Wildman–Crippen LogP) is 3.23. The van der Waals surface area contributed by atoms with Crippen molar-refractivity contribution in [2.24, 2.45) is 0 Å². The summed E-state index contributed by atoms with van der Waals surface area (Å²) in [6.07, 6.45) is -3.31. The summed E-state index contributed by atoms with van der Waals surface area (Å²) in [5.41, 5.74) is -1.94. The van der Waals surface area contributed by atoms with Gasteiger partial charge in [0.1, 0.15) is 11.4 Å².